The molecule has 0 radical (unpaired) electrons. The average molecular weight is 148 g/mol. The van der Waals surface area contributed by atoms with E-state index in [9.17, 15) is 0 Å². The topological polar surface area (TPSA) is 36.7 Å². The van der Waals surface area contributed by atoms with Crippen LogP contribution in [0.25, 0.3) is 0 Å². The molecule has 2 heteroatoms. The molecule has 0 aliphatic carbocycles. The van der Waals surface area contributed by atoms with E-state index in [2.05, 4.69) is 4.98 Å². The molecule has 0 aromatic carbocycles. The first kappa shape index (κ1) is 7.92. The van der Waals surface area contributed by atoms with Crippen molar-refractivity contribution in [3.05, 3.63) is 29.1 Å². The van der Waals surface area contributed by atoms with Gasteiger partial charge in [0.1, 0.15) is 0 Å². The lowest BCUT2D eigenvalue weighted by Gasteiger charge is -2.01. The Morgan fingerprint density at radius 3 is 2.45 bits per heavy atom. The van der Waals surface area contributed by atoms with Crippen molar-refractivity contribution >= 4 is 5.71 Å². The average Bonchev–Trinajstić information content (AvgIpc) is 1.94. The van der Waals surface area contributed by atoms with Gasteiger partial charge in [-0.15, -0.1) is 0 Å². The van der Waals surface area contributed by atoms with E-state index in [0.29, 0.717) is 5.71 Å². The lowest BCUT2D eigenvalue weighted by atomic mass is 10.1. The number of hydrogen-bond acceptors (Lipinski definition) is 2. The predicted octanol–water partition coefficient (Wildman–Crippen LogP) is 2.09. The van der Waals surface area contributed by atoms with Gasteiger partial charge in [-0.3, -0.25) is 4.98 Å². The van der Waals surface area contributed by atoms with Crippen molar-refractivity contribution < 1.29 is 0 Å². The van der Waals surface area contributed by atoms with E-state index in [1.807, 2.05) is 26.1 Å². The Hall–Kier alpha value is -1.18. The summed E-state index contributed by atoms with van der Waals surface area (Å²) in [7, 11) is 0. The van der Waals surface area contributed by atoms with Gasteiger partial charge in [0.25, 0.3) is 0 Å². The molecule has 1 N–H and O–H groups in total. The van der Waals surface area contributed by atoms with Gasteiger partial charge in [-0.05, 0) is 38.0 Å². The number of pyridine rings is 1. The van der Waals surface area contributed by atoms with Crippen LogP contribution in [0.4, 0.5) is 0 Å². The molecule has 0 bridgehead atoms. The van der Waals surface area contributed by atoms with Crippen LogP contribution in [-0.2, 0) is 0 Å². The fourth-order valence-electron chi connectivity index (χ4n) is 0.829. The van der Waals surface area contributed by atoms with E-state index >= 15 is 0 Å². The maximum Gasteiger partial charge on any atom is 0.0837 e. The molecule has 1 heterocycles. The largest absolute Gasteiger partial charge is 0.303 e. The maximum atomic E-state index is 7.34. The van der Waals surface area contributed by atoms with Crippen molar-refractivity contribution in [1.29, 1.82) is 5.41 Å². The highest BCUT2D eigenvalue weighted by Gasteiger charge is 1.98. The minimum Gasteiger partial charge on any atom is -0.303 e. The third-order valence-corrected chi connectivity index (χ3v) is 1.76. The minimum atomic E-state index is 0.521. The SMILES string of the molecule is CC(=N)c1cc(C)c(C)cn1. The normalized spacial score (nSPS) is 9.73. The van der Waals surface area contributed by atoms with Crippen LogP contribution < -0.4 is 0 Å². The molecule has 58 valence electrons. The summed E-state index contributed by atoms with van der Waals surface area (Å²) >= 11 is 0. The van der Waals surface area contributed by atoms with Crippen LogP contribution in [0.1, 0.15) is 23.7 Å². The molecule has 0 aliphatic rings. The van der Waals surface area contributed by atoms with E-state index in [-0.39, 0.29) is 0 Å². The first-order valence-corrected chi connectivity index (χ1v) is 3.60. The molecule has 2 nitrogen and oxygen atoms in total. The molecule has 1 aromatic rings. The fraction of sp³-hybridized carbons (Fsp3) is 0.333. The lowest BCUT2D eigenvalue weighted by molar-refractivity contribution is 1.18. The first-order valence-electron chi connectivity index (χ1n) is 3.60. The van der Waals surface area contributed by atoms with E-state index in [1.54, 1.807) is 6.92 Å². The molecule has 0 unspecified atom stereocenters. The second kappa shape index (κ2) is 2.82. The zero-order chi connectivity index (χ0) is 8.43. The molecule has 0 atom stereocenters. The van der Waals surface area contributed by atoms with Gasteiger partial charge >= 0.3 is 0 Å². The Kier molecular flexibility index (Phi) is 2.03. The quantitative estimate of drug-likeness (QED) is 0.608. The number of aromatic nitrogens is 1. The van der Waals surface area contributed by atoms with Gasteiger partial charge in [0.2, 0.25) is 0 Å². The zero-order valence-corrected chi connectivity index (χ0v) is 7.10. The molecule has 0 saturated carbocycles. The molecular weight excluding hydrogens is 136 g/mol. The molecular formula is C9H12N2. The molecule has 0 spiro atoms. The molecule has 1 rings (SSSR count). The molecule has 0 aliphatic heterocycles. The highest BCUT2D eigenvalue weighted by molar-refractivity contribution is 5.94. The second-order valence-corrected chi connectivity index (χ2v) is 2.78. The van der Waals surface area contributed by atoms with Gasteiger partial charge in [-0.2, -0.15) is 0 Å². The molecule has 0 saturated heterocycles. The monoisotopic (exact) mass is 148 g/mol. The van der Waals surface area contributed by atoms with Crippen LogP contribution in [0.2, 0.25) is 0 Å². The predicted molar refractivity (Wildman–Crippen MR) is 46.2 cm³/mol. The summed E-state index contributed by atoms with van der Waals surface area (Å²) in [5.41, 5.74) is 3.66. The summed E-state index contributed by atoms with van der Waals surface area (Å²) in [5, 5.41) is 7.34. The smallest absolute Gasteiger partial charge is 0.0837 e. The van der Waals surface area contributed by atoms with E-state index < -0.39 is 0 Å². The van der Waals surface area contributed by atoms with E-state index in [4.69, 9.17) is 5.41 Å². The number of aryl methyl sites for hydroxylation is 2. The van der Waals surface area contributed by atoms with Crippen molar-refractivity contribution in [3.63, 3.8) is 0 Å². The number of nitrogens with zero attached hydrogens (tertiary/aromatic N) is 1. The Bertz CT molecular complexity index is 290. The minimum absolute atomic E-state index is 0.521. The highest BCUT2D eigenvalue weighted by atomic mass is 14.7. The van der Waals surface area contributed by atoms with Crippen molar-refractivity contribution in [2.24, 2.45) is 0 Å². The van der Waals surface area contributed by atoms with Gasteiger partial charge in [0, 0.05) is 6.20 Å². The maximum absolute atomic E-state index is 7.34. The van der Waals surface area contributed by atoms with Crippen LogP contribution in [0.3, 0.4) is 0 Å². The molecule has 0 amide bonds. The summed E-state index contributed by atoms with van der Waals surface area (Å²) in [6.45, 7) is 5.80. The van der Waals surface area contributed by atoms with Crippen LogP contribution in [0.15, 0.2) is 12.3 Å². The summed E-state index contributed by atoms with van der Waals surface area (Å²) in [6.07, 6.45) is 1.81. The summed E-state index contributed by atoms with van der Waals surface area (Å²) in [6, 6.07) is 1.94. The number of rotatable bonds is 1. The van der Waals surface area contributed by atoms with Gasteiger partial charge in [0.05, 0.1) is 11.4 Å². The lowest BCUT2D eigenvalue weighted by Crippen LogP contribution is -1.97. The van der Waals surface area contributed by atoms with Crippen LogP contribution in [0.5, 0.6) is 0 Å². The second-order valence-electron chi connectivity index (χ2n) is 2.78. The summed E-state index contributed by atoms with van der Waals surface area (Å²) in [5.74, 6) is 0. The van der Waals surface area contributed by atoms with Crippen LogP contribution in [0, 0.1) is 19.3 Å². The molecule has 1 aromatic heterocycles. The van der Waals surface area contributed by atoms with Crippen LogP contribution >= 0.6 is 0 Å². The Balaban J connectivity index is 3.15. The summed E-state index contributed by atoms with van der Waals surface area (Å²) < 4.78 is 0. The van der Waals surface area contributed by atoms with Crippen LogP contribution in [-0.4, -0.2) is 10.7 Å². The third kappa shape index (κ3) is 1.64. The Morgan fingerprint density at radius 1 is 1.36 bits per heavy atom. The highest BCUT2D eigenvalue weighted by Crippen LogP contribution is 2.06. The molecule has 11 heavy (non-hydrogen) atoms. The number of nitrogens with one attached hydrogen (secondary N) is 1. The fourth-order valence-corrected chi connectivity index (χ4v) is 0.829. The van der Waals surface area contributed by atoms with Crippen molar-refractivity contribution in [1.82, 2.24) is 4.98 Å². The number of hydrogen-bond donors (Lipinski definition) is 1. The van der Waals surface area contributed by atoms with Crippen molar-refractivity contribution in [3.8, 4) is 0 Å². The van der Waals surface area contributed by atoms with Gasteiger partial charge in [-0.1, -0.05) is 0 Å². The standard InChI is InChI=1S/C9H12N2/c1-6-4-9(8(3)10)11-5-7(6)2/h4-5,10H,1-3H3. The van der Waals surface area contributed by atoms with E-state index in [0.717, 1.165) is 5.69 Å². The van der Waals surface area contributed by atoms with Gasteiger partial charge in [-0.25, -0.2) is 0 Å². The zero-order valence-electron chi connectivity index (χ0n) is 7.10. The summed E-state index contributed by atoms with van der Waals surface area (Å²) in [4.78, 5) is 4.11. The Morgan fingerprint density at radius 2 is 2.00 bits per heavy atom. The molecule has 0 fully saturated rings. The van der Waals surface area contributed by atoms with E-state index in [1.165, 1.54) is 11.1 Å². The van der Waals surface area contributed by atoms with Crippen molar-refractivity contribution in [2.45, 2.75) is 20.8 Å². The Labute approximate surface area is 66.8 Å². The van der Waals surface area contributed by atoms with Crippen molar-refractivity contribution in [2.75, 3.05) is 0 Å². The van der Waals surface area contributed by atoms with Gasteiger partial charge < -0.3 is 5.41 Å². The third-order valence-electron chi connectivity index (χ3n) is 1.76. The van der Waals surface area contributed by atoms with Gasteiger partial charge in [0.15, 0.2) is 0 Å². The first-order chi connectivity index (χ1) is 5.11.